The monoisotopic (exact) mass is 710 g/mol. The van der Waals surface area contributed by atoms with Gasteiger partial charge in [-0.2, -0.15) is 0 Å². The normalized spacial score (nSPS) is 14.6. The SMILES string of the molecule is CCOC(=O)C1=C(c2ccccc2)N=c2s/c(=C\c3ccc(OCc4ccc(F)cc4)c(Br)c3)c(=O)n2[C@H]1c1ccc(C(C)C)cc1. The third-order valence-electron chi connectivity index (χ3n) is 7.85. The Morgan fingerprint density at radius 1 is 1.02 bits per heavy atom. The molecule has 0 spiro atoms. The van der Waals surface area contributed by atoms with Gasteiger partial charge < -0.3 is 9.47 Å². The van der Waals surface area contributed by atoms with Crippen molar-refractivity contribution in [3.8, 4) is 5.75 Å². The van der Waals surface area contributed by atoms with Crippen LogP contribution >= 0.6 is 27.3 Å². The van der Waals surface area contributed by atoms with E-state index in [4.69, 9.17) is 14.5 Å². The first kappa shape index (κ1) is 32.3. The number of hydrogen-bond donors (Lipinski definition) is 0. The molecule has 0 radical (unpaired) electrons. The zero-order valence-corrected chi connectivity index (χ0v) is 28.5. The van der Waals surface area contributed by atoms with Crippen molar-refractivity contribution in [2.24, 2.45) is 4.99 Å². The molecule has 1 aromatic heterocycles. The summed E-state index contributed by atoms with van der Waals surface area (Å²) in [5.74, 6) is 0.130. The van der Waals surface area contributed by atoms with E-state index in [1.807, 2.05) is 78.9 Å². The molecule has 6 nitrogen and oxygen atoms in total. The molecule has 2 heterocycles. The second-order valence-corrected chi connectivity index (χ2v) is 13.2. The van der Waals surface area contributed by atoms with Crippen LogP contribution in [0.3, 0.4) is 0 Å². The molecule has 1 aliphatic heterocycles. The molecule has 0 unspecified atom stereocenters. The summed E-state index contributed by atoms with van der Waals surface area (Å²) in [6, 6.07) is 28.5. The highest BCUT2D eigenvalue weighted by atomic mass is 79.9. The van der Waals surface area contributed by atoms with E-state index < -0.39 is 12.0 Å². The first-order valence-electron chi connectivity index (χ1n) is 15.3. The molecule has 0 saturated carbocycles. The number of thiazole rings is 1. The van der Waals surface area contributed by atoms with Gasteiger partial charge in [-0.15, -0.1) is 0 Å². The summed E-state index contributed by atoms with van der Waals surface area (Å²) in [5.41, 5.74) is 4.88. The molecule has 1 aliphatic rings. The molecule has 4 aromatic carbocycles. The van der Waals surface area contributed by atoms with Gasteiger partial charge in [0.2, 0.25) is 0 Å². The lowest BCUT2D eigenvalue weighted by Crippen LogP contribution is -2.40. The maximum absolute atomic E-state index is 14.2. The number of benzene rings is 4. The van der Waals surface area contributed by atoms with E-state index in [1.165, 1.54) is 23.5 Å². The number of nitrogens with zero attached hydrogens (tertiary/aromatic N) is 2. The van der Waals surface area contributed by atoms with Gasteiger partial charge in [0.25, 0.3) is 5.56 Å². The maximum Gasteiger partial charge on any atom is 0.338 e. The van der Waals surface area contributed by atoms with Crippen LogP contribution in [-0.4, -0.2) is 17.1 Å². The molecule has 47 heavy (non-hydrogen) atoms. The Hall–Kier alpha value is -4.60. The van der Waals surface area contributed by atoms with Gasteiger partial charge in [0, 0.05) is 5.56 Å². The zero-order valence-electron chi connectivity index (χ0n) is 26.1. The van der Waals surface area contributed by atoms with Crippen LogP contribution in [0.4, 0.5) is 4.39 Å². The lowest BCUT2D eigenvalue weighted by atomic mass is 9.91. The first-order chi connectivity index (χ1) is 22.7. The lowest BCUT2D eigenvalue weighted by molar-refractivity contribution is -0.138. The Balaban J connectivity index is 1.45. The van der Waals surface area contributed by atoms with E-state index >= 15 is 0 Å². The summed E-state index contributed by atoms with van der Waals surface area (Å²) >= 11 is 4.86. The second kappa shape index (κ2) is 14.0. The fourth-order valence-corrected chi connectivity index (χ4v) is 6.95. The van der Waals surface area contributed by atoms with Gasteiger partial charge >= 0.3 is 5.97 Å². The number of esters is 1. The molecule has 1 atom stereocenters. The Bertz CT molecular complexity index is 2140. The smallest absolute Gasteiger partial charge is 0.338 e. The number of fused-ring (bicyclic) bond motifs is 1. The minimum Gasteiger partial charge on any atom is -0.488 e. The van der Waals surface area contributed by atoms with Crippen LogP contribution in [0.25, 0.3) is 11.8 Å². The molecular weight excluding hydrogens is 679 g/mol. The van der Waals surface area contributed by atoms with E-state index in [2.05, 4.69) is 29.8 Å². The molecule has 5 aromatic rings. The molecule has 0 bridgehead atoms. The van der Waals surface area contributed by atoms with Gasteiger partial charge in [-0.1, -0.05) is 98.0 Å². The fourth-order valence-electron chi connectivity index (χ4n) is 5.44. The standard InChI is InChI=1S/C38H32BrFN2O4S/c1-4-45-37(44)33-34(27-8-6-5-7-9-27)41-38-42(35(33)28-15-13-26(14-16-28)23(2)3)36(43)32(47-38)21-25-12-19-31(30(39)20-25)46-22-24-10-17-29(40)18-11-24/h5-21,23,35H,4,22H2,1-3H3/b32-21-/t35-/m0/s1. The van der Waals surface area contributed by atoms with Crippen LogP contribution in [-0.2, 0) is 16.1 Å². The van der Waals surface area contributed by atoms with Crippen LogP contribution < -0.4 is 19.6 Å². The summed E-state index contributed by atoms with van der Waals surface area (Å²) in [7, 11) is 0. The van der Waals surface area contributed by atoms with Crippen molar-refractivity contribution < 1.29 is 18.7 Å². The molecule has 0 N–H and O–H groups in total. The predicted molar refractivity (Wildman–Crippen MR) is 186 cm³/mol. The van der Waals surface area contributed by atoms with E-state index in [1.54, 1.807) is 23.6 Å². The highest BCUT2D eigenvalue weighted by Gasteiger charge is 2.35. The van der Waals surface area contributed by atoms with Crippen molar-refractivity contribution in [2.45, 2.75) is 39.3 Å². The average molecular weight is 712 g/mol. The molecule has 9 heteroatoms. The van der Waals surface area contributed by atoms with Crippen LogP contribution in [0.15, 0.2) is 117 Å². The van der Waals surface area contributed by atoms with E-state index in [0.717, 1.165) is 27.8 Å². The van der Waals surface area contributed by atoms with Gasteiger partial charge in [0.15, 0.2) is 4.80 Å². The van der Waals surface area contributed by atoms with Gasteiger partial charge in [-0.05, 0) is 81.4 Å². The largest absolute Gasteiger partial charge is 0.488 e. The third-order valence-corrected chi connectivity index (χ3v) is 9.46. The molecule has 0 aliphatic carbocycles. The predicted octanol–water partition coefficient (Wildman–Crippen LogP) is 7.54. The number of hydrogen-bond acceptors (Lipinski definition) is 6. The Morgan fingerprint density at radius 3 is 2.40 bits per heavy atom. The minimum absolute atomic E-state index is 0.187. The van der Waals surface area contributed by atoms with Gasteiger partial charge in [0.05, 0.1) is 32.9 Å². The highest BCUT2D eigenvalue weighted by molar-refractivity contribution is 9.10. The number of carbonyl (C=O) groups excluding carboxylic acids is 1. The van der Waals surface area contributed by atoms with E-state index in [-0.39, 0.29) is 24.6 Å². The molecule has 0 amide bonds. The fraction of sp³-hybridized carbons (Fsp3) is 0.184. The summed E-state index contributed by atoms with van der Waals surface area (Å²) in [6.07, 6.45) is 1.81. The summed E-state index contributed by atoms with van der Waals surface area (Å²) in [4.78, 5) is 33.3. The van der Waals surface area contributed by atoms with Gasteiger partial charge in [-0.25, -0.2) is 14.2 Å². The van der Waals surface area contributed by atoms with Crippen LogP contribution in [0.1, 0.15) is 60.5 Å². The zero-order chi connectivity index (χ0) is 33.1. The molecule has 0 saturated heterocycles. The van der Waals surface area contributed by atoms with Gasteiger partial charge in [-0.3, -0.25) is 9.36 Å². The Kier molecular flexibility index (Phi) is 9.66. The van der Waals surface area contributed by atoms with Crippen molar-refractivity contribution in [2.75, 3.05) is 6.61 Å². The third kappa shape index (κ3) is 6.92. The minimum atomic E-state index is -0.738. The first-order valence-corrected chi connectivity index (χ1v) is 16.9. The van der Waals surface area contributed by atoms with Crippen molar-refractivity contribution in [1.82, 2.24) is 4.57 Å². The Labute approximate surface area is 284 Å². The van der Waals surface area contributed by atoms with Crippen molar-refractivity contribution in [3.05, 3.63) is 160 Å². The average Bonchev–Trinajstić information content (AvgIpc) is 3.38. The number of carbonyl (C=O) groups is 1. The topological polar surface area (TPSA) is 69.9 Å². The van der Waals surface area contributed by atoms with E-state index in [0.29, 0.717) is 36.7 Å². The van der Waals surface area contributed by atoms with Crippen molar-refractivity contribution >= 4 is 45.0 Å². The maximum atomic E-state index is 14.2. The quantitative estimate of drug-likeness (QED) is 0.148. The number of ether oxygens (including phenoxy) is 2. The highest BCUT2D eigenvalue weighted by Crippen LogP contribution is 2.36. The van der Waals surface area contributed by atoms with Crippen molar-refractivity contribution in [1.29, 1.82) is 0 Å². The Morgan fingerprint density at radius 2 is 1.74 bits per heavy atom. The molecule has 6 rings (SSSR count). The second-order valence-electron chi connectivity index (χ2n) is 11.4. The van der Waals surface area contributed by atoms with Crippen LogP contribution in [0.5, 0.6) is 5.75 Å². The molecular formula is C38H32BrFN2O4S. The number of aromatic nitrogens is 1. The van der Waals surface area contributed by atoms with E-state index in [9.17, 15) is 14.0 Å². The summed E-state index contributed by atoms with van der Waals surface area (Å²) in [6.45, 7) is 6.48. The molecule has 0 fully saturated rings. The summed E-state index contributed by atoms with van der Waals surface area (Å²) < 4.78 is 27.6. The molecule has 238 valence electrons. The van der Waals surface area contributed by atoms with Crippen LogP contribution in [0.2, 0.25) is 0 Å². The van der Waals surface area contributed by atoms with Gasteiger partial charge in [0.1, 0.15) is 18.2 Å². The van der Waals surface area contributed by atoms with Crippen molar-refractivity contribution in [3.63, 3.8) is 0 Å². The van der Waals surface area contributed by atoms with Crippen LogP contribution in [0, 0.1) is 5.82 Å². The number of halogens is 2. The number of rotatable bonds is 9. The lowest BCUT2D eigenvalue weighted by Gasteiger charge is -2.26. The summed E-state index contributed by atoms with van der Waals surface area (Å²) in [5, 5.41) is 0.